The first kappa shape index (κ1) is 21.9. The molecule has 136 valence electrons. The summed E-state index contributed by atoms with van der Waals surface area (Å²) in [5, 5.41) is 17.5. The Labute approximate surface area is 139 Å². The molecule has 0 aliphatic heterocycles. The lowest BCUT2D eigenvalue weighted by Crippen LogP contribution is -2.24. The van der Waals surface area contributed by atoms with Crippen molar-refractivity contribution in [3.05, 3.63) is 0 Å². The van der Waals surface area contributed by atoms with Gasteiger partial charge in [-0.25, -0.2) is 4.79 Å². The molecule has 0 amide bonds. The standard InChI is InChI=1S/C17H32O6/c1-2-3-4-5-6-7-8-9-10-11-16(20)23-14-17(21)22-13-15(19)12-18/h15,18-19H,2-14H2,1H3. The van der Waals surface area contributed by atoms with Crippen molar-refractivity contribution in [2.75, 3.05) is 19.8 Å². The first-order valence-corrected chi connectivity index (χ1v) is 8.70. The molecule has 1 atom stereocenters. The monoisotopic (exact) mass is 332 g/mol. The van der Waals surface area contributed by atoms with Gasteiger partial charge in [0.2, 0.25) is 0 Å². The molecule has 0 bridgehead atoms. The Hall–Kier alpha value is -1.14. The smallest absolute Gasteiger partial charge is 0.344 e. The third-order valence-electron chi connectivity index (χ3n) is 3.48. The minimum absolute atomic E-state index is 0.300. The maximum atomic E-state index is 11.4. The minimum Gasteiger partial charge on any atom is -0.460 e. The third kappa shape index (κ3) is 15.5. The fourth-order valence-corrected chi connectivity index (χ4v) is 2.08. The van der Waals surface area contributed by atoms with Crippen LogP contribution in [0.1, 0.15) is 71.1 Å². The van der Waals surface area contributed by atoms with Gasteiger partial charge >= 0.3 is 11.9 Å². The molecule has 0 radical (unpaired) electrons. The number of carbonyl (C=O) groups excluding carboxylic acids is 2. The second kappa shape index (κ2) is 15.7. The summed E-state index contributed by atoms with van der Waals surface area (Å²) < 4.78 is 9.40. The second-order valence-corrected chi connectivity index (χ2v) is 5.76. The molecule has 0 rings (SSSR count). The number of hydrogen-bond acceptors (Lipinski definition) is 6. The van der Waals surface area contributed by atoms with Crippen LogP contribution in [0.2, 0.25) is 0 Å². The average Bonchev–Trinajstić information content (AvgIpc) is 2.56. The quantitative estimate of drug-likeness (QED) is 0.353. The Morgan fingerprint density at radius 2 is 1.43 bits per heavy atom. The van der Waals surface area contributed by atoms with Crippen LogP contribution in [-0.4, -0.2) is 48.1 Å². The summed E-state index contributed by atoms with van der Waals surface area (Å²) in [6, 6.07) is 0. The van der Waals surface area contributed by atoms with Crippen LogP contribution in [0.3, 0.4) is 0 Å². The first-order valence-electron chi connectivity index (χ1n) is 8.70. The van der Waals surface area contributed by atoms with Crippen molar-refractivity contribution in [1.82, 2.24) is 0 Å². The van der Waals surface area contributed by atoms with Gasteiger partial charge in [0.25, 0.3) is 0 Å². The van der Waals surface area contributed by atoms with Crippen LogP contribution in [0.5, 0.6) is 0 Å². The normalized spacial score (nSPS) is 12.0. The topological polar surface area (TPSA) is 93.1 Å². The van der Waals surface area contributed by atoms with Crippen LogP contribution in [0.15, 0.2) is 0 Å². The van der Waals surface area contributed by atoms with E-state index in [2.05, 4.69) is 11.7 Å². The highest BCUT2D eigenvalue weighted by Crippen LogP contribution is 2.10. The fraction of sp³-hybridized carbons (Fsp3) is 0.882. The minimum atomic E-state index is -1.10. The van der Waals surface area contributed by atoms with E-state index in [4.69, 9.17) is 14.9 Å². The highest BCUT2D eigenvalue weighted by atomic mass is 16.6. The SMILES string of the molecule is CCCCCCCCCCCC(=O)OCC(=O)OCC(O)CO. The molecule has 0 aliphatic rings. The molecule has 0 aromatic heterocycles. The number of carbonyl (C=O) groups is 2. The van der Waals surface area contributed by atoms with E-state index in [9.17, 15) is 9.59 Å². The van der Waals surface area contributed by atoms with Crippen LogP contribution < -0.4 is 0 Å². The predicted molar refractivity (Wildman–Crippen MR) is 86.9 cm³/mol. The number of rotatable bonds is 15. The molecule has 6 heteroatoms. The van der Waals surface area contributed by atoms with Gasteiger partial charge in [0.1, 0.15) is 12.7 Å². The molecule has 1 unspecified atom stereocenters. The van der Waals surface area contributed by atoms with Crippen molar-refractivity contribution >= 4 is 11.9 Å². The molecule has 2 N–H and O–H groups in total. The van der Waals surface area contributed by atoms with Gasteiger partial charge in [0.05, 0.1) is 6.61 Å². The van der Waals surface area contributed by atoms with E-state index in [0.29, 0.717) is 6.42 Å². The summed E-state index contributed by atoms with van der Waals surface area (Å²) in [4.78, 5) is 22.6. The van der Waals surface area contributed by atoms with Crippen molar-refractivity contribution in [3.8, 4) is 0 Å². The average molecular weight is 332 g/mol. The summed E-state index contributed by atoms with van der Waals surface area (Å²) in [5.74, 6) is -1.13. The van der Waals surface area contributed by atoms with Crippen LogP contribution in [0.25, 0.3) is 0 Å². The van der Waals surface area contributed by atoms with Gasteiger partial charge in [-0.05, 0) is 6.42 Å². The molecular weight excluding hydrogens is 300 g/mol. The van der Waals surface area contributed by atoms with Gasteiger partial charge in [0.15, 0.2) is 6.61 Å². The summed E-state index contributed by atoms with van der Waals surface area (Å²) >= 11 is 0. The van der Waals surface area contributed by atoms with Crippen molar-refractivity contribution in [1.29, 1.82) is 0 Å². The van der Waals surface area contributed by atoms with Crippen molar-refractivity contribution in [2.24, 2.45) is 0 Å². The van der Waals surface area contributed by atoms with E-state index in [1.165, 1.54) is 38.5 Å². The molecule has 23 heavy (non-hydrogen) atoms. The number of aliphatic hydroxyl groups excluding tert-OH is 2. The molecular formula is C17H32O6. The van der Waals surface area contributed by atoms with Crippen LogP contribution in [0.4, 0.5) is 0 Å². The third-order valence-corrected chi connectivity index (χ3v) is 3.48. The van der Waals surface area contributed by atoms with E-state index < -0.39 is 31.3 Å². The molecule has 6 nitrogen and oxygen atoms in total. The fourth-order valence-electron chi connectivity index (χ4n) is 2.08. The Morgan fingerprint density at radius 1 is 0.870 bits per heavy atom. The zero-order valence-corrected chi connectivity index (χ0v) is 14.3. The van der Waals surface area contributed by atoms with E-state index in [-0.39, 0.29) is 6.61 Å². The maximum Gasteiger partial charge on any atom is 0.344 e. The van der Waals surface area contributed by atoms with E-state index >= 15 is 0 Å². The zero-order chi connectivity index (χ0) is 17.3. The lowest BCUT2D eigenvalue weighted by Gasteiger charge is -2.08. The summed E-state index contributed by atoms with van der Waals surface area (Å²) in [7, 11) is 0. The van der Waals surface area contributed by atoms with E-state index in [1.807, 2.05) is 0 Å². The van der Waals surface area contributed by atoms with Crippen molar-refractivity contribution in [2.45, 2.75) is 77.2 Å². The van der Waals surface area contributed by atoms with Crippen molar-refractivity contribution < 1.29 is 29.3 Å². The lowest BCUT2D eigenvalue weighted by molar-refractivity contribution is -0.161. The van der Waals surface area contributed by atoms with Crippen LogP contribution >= 0.6 is 0 Å². The number of aliphatic hydroxyl groups is 2. The summed E-state index contributed by atoms with van der Waals surface area (Å²) in [5.41, 5.74) is 0. The molecule has 0 saturated heterocycles. The van der Waals surface area contributed by atoms with Gasteiger partial charge in [-0.3, -0.25) is 4.79 Å². The molecule has 0 aromatic carbocycles. The van der Waals surface area contributed by atoms with E-state index in [0.717, 1.165) is 19.3 Å². The number of hydrogen-bond donors (Lipinski definition) is 2. The Kier molecular flexibility index (Phi) is 15.0. The predicted octanol–water partition coefficient (Wildman–Crippen LogP) is 2.35. The number of unbranched alkanes of at least 4 members (excludes halogenated alkanes) is 8. The van der Waals surface area contributed by atoms with Gasteiger partial charge in [-0.2, -0.15) is 0 Å². The van der Waals surface area contributed by atoms with Gasteiger partial charge < -0.3 is 19.7 Å². The largest absolute Gasteiger partial charge is 0.460 e. The van der Waals surface area contributed by atoms with Gasteiger partial charge in [-0.15, -0.1) is 0 Å². The molecule has 0 spiro atoms. The highest BCUT2D eigenvalue weighted by Gasteiger charge is 2.10. The van der Waals surface area contributed by atoms with Gasteiger partial charge in [-0.1, -0.05) is 58.3 Å². The summed E-state index contributed by atoms with van der Waals surface area (Å²) in [6.45, 7) is 0.975. The molecule has 0 fully saturated rings. The number of ether oxygens (including phenoxy) is 2. The molecule has 0 aromatic rings. The Balaban J connectivity index is 3.38. The second-order valence-electron chi connectivity index (χ2n) is 5.76. The Morgan fingerprint density at radius 3 is 2.00 bits per heavy atom. The zero-order valence-electron chi connectivity index (χ0n) is 14.3. The molecule has 0 heterocycles. The van der Waals surface area contributed by atoms with Crippen LogP contribution in [-0.2, 0) is 19.1 Å². The highest BCUT2D eigenvalue weighted by molar-refractivity contribution is 5.76. The van der Waals surface area contributed by atoms with Crippen molar-refractivity contribution in [3.63, 3.8) is 0 Å². The van der Waals surface area contributed by atoms with Gasteiger partial charge in [0, 0.05) is 6.42 Å². The van der Waals surface area contributed by atoms with Crippen LogP contribution in [0, 0.1) is 0 Å². The van der Waals surface area contributed by atoms with E-state index in [1.54, 1.807) is 0 Å². The molecule has 0 saturated carbocycles. The summed E-state index contributed by atoms with van der Waals surface area (Å²) in [6.07, 6.45) is 9.75. The Bertz CT molecular complexity index is 305. The number of esters is 2. The maximum absolute atomic E-state index is 11.4. The molecule has 0 aliphatic carbocycles. The lowest BCUT2D eigenvalue weighted by atomic mass is 10.1. The first-order chi connectivity index (χ1) is 11.1.